The van der Waals surface area contributed by atoms with E-state index in [2.05, 4.69) is 26.6 Å². The topological polar surface area (TPSA) is 84.4 Å². The molecule has 0 unspecified atom stereocenters. The molecular formula is C24H32N4O4. The average molecular weight is 441 g/mol. The van der Waals surface area contributed by atoms with Crippen molar-refractivity contribution in [2.24, 2.45) is 4.99 Å². The maximum Gasteiger partial charge on any atom is 0.258 e. The lowest BCUT2D eigenvalue weighted by Gasteiger charge is -2.25. The molecule has 2 aromatic rings. The van der Waals surface area contributed by atoms with E-state index in [0.717, 1.165) is 49.7 Å². The molecule has 0 aliphatic carbocycles. The van der Waals surface area contributed by atoms with Gasteiger partial charge in [-0.15, -0.1) is 0 Å². The third-order valence-corrected chi connectivity index (χ3v) is 5.28. The number of amides is 1. The van der Waals surface area contributed by atoms with Gasteiger partial charge in [-0.05, 0) is 43.2 Å². The Morgan fingerprint density at radius 2 is 1.75 bits per heavy atom. The van der Waals surface area contributed by atoms with E-state index < -0.39 is 0 Å². The van der Waals surface area contributed by atoms with Crippen molar-refractivity contribution >= 4 is 17.6 Å². The van der Waals surface area contributed by atoms with Gasteiger partial charge in [0, 0.05) is 37.0 Å². The summed E-state index contributed by atoms with van der Waals surface area (Å²) in [6.45, 7) is 8.66. The number of carbonyl (C=O) groups is 1. The number of hydrogen-bond donors (Lipinski definition) is 2. The summed E-state index contributed by atoms with van der Waals surface area (Å²) in [7, 11) is 3.11. The van der Waals surface area contributed by atoms with Crippen molar-refractivity contribution in [1.29, 1.82) is 0 Å². The first-order chi connectivity index (χ1) is 15.5. The van der Waals surface area contributed by atoms with Gasteiger partial charge < -0.3 is 19.5 Å². The Bertz CT molecular complexity index is 933. The Hall–Kier alpha value is -3.10. The fourth-order valence-electron chi connectivity index (χ4n) is 3.35. The Morgan fingerprint density at radius 3 is 2.41 bits per heavy atom. The van der Waals surface area contributed by atoms with Crippen molar-refractivity contribution in [3.05, 3.63) is 53.1 Å². The molecule has 1 aliphatic heterocycles. The first kappa shape index (κ1) is 23.6. The molecule has 1 aliphatic rings. The monoisotopic (exact) mass is 440 g/mol. The van der Waals surface area contributed by atoms with Gasteiger partial charge in [0.1, 0.15) is 11.5 Å². The summed E-state index contributed by atoms with van der Waals surface area (Å²) >= 11 is 0. The number of hydrogen-bond acceptors (Lipinski definition) is 6. The van der Waals surface area contributed by atoms with Crippen LogP contribution in [-0.4, -0.2) is 70.4 Å². The molecule has 172 valence electrons. The van der Waals surface area contributed by atoms with Gasteiger partial charge in [-0.1, -0.05) is 12.1 Å². The summed E-state index contributed by atoms with van der Waals surface area (Å²) in [6.07, 6.45) is 0. The van der Waals surface area contributed by atoms with E-state index in [4.69, 9.17) is 14.2 Å². The van der Waals surface area contributed by atoms with Crippen LogP contribution in [0.3, 0.4) is 0 Å². The molecule has 0 atom stereocenters. The van der Waals surface area contributed by atoms with Gasteiger partial charge in [0.05, 0.1) is 34.0 Å². The number of nitrogens with zero attached hydrogens (tertiary/aromatic N) is 2. The molecule has 1 heterocycles. The van der Waals surface area contributed by atoms with E-state index in [1.807, 2.05) is 26.0 Å². The quantitative estimate of drug-likeness (QED) is 0.509. The lowest BCUT2D eigenvalue weighted by molar-refractivity contribution is 0.0394. The highest BCUT2D eigenvalue weighted by Crippen LogP contribution is 2.22. The smallest absolute Gasteiger partial charge is 0.258 e. The number of rotatable bonds is 7. The highest BCUT2D eigenvalue weighted by molar-refractivity contribution is 6.10. The number of guanidine groups is 1. The summed E-state index contributed by atoms with van der Waals surface area (Å²) in [5, 5.41) is 6.21. The third-order valence-electron chi connectivity index (χ3n) is 5.28. The fourth-order valence-corrected chi connectivity index (χ4v) is 3.35. The molecule has 0 radical (unpaired) electrons. The molecule has 32 heavy (non-hydrogen) atoms. The molecule has 2 N–H and O–H groups in total. The Labute approximate surface area is 189 Å². The van der Waals surface area contributed by atoms with Crippen molar-refractivity contribution in [3.8, 4) is 11.5 Å². The van der Waals surface area contributed by atoms with Gasteiger partial charge in [-0.3, -0.25) is 20.0 Å². The first-order valence-corrected chi connectivity index (χ1v) is 10.7. The standard InChI is InChI=1S/C24H32N4O4/c1-17-5-6-18(2)22(13-17)26-24(25-7-8-28-9-11-32-12-10-28)27-23(29)19-14-20(30-3)16-21(15-19)31-4/h5-6,13-16H,7-12H2,1-4H3,(H2,25,26,27,29). The lowest BCUT2D eigenvalue weighted by atomic mass is 10.1. The van der Waals surface area contributed by atoms with Crippen LogP contribution in [0.5, 0.6) is 11.5 Å². The number of ether oxygens (including phenoxy) is 3. The molecular weight excluding hydrogens is 408 g/mol. The maximum absolute atomic E-state index is 13.0. The van der Waals surface area contributed by atoms with E-state index in [1.165, 1.54) is 0 Å². The summed E-state index contributed by atoms with van der Waals surface area (Å²) in [5.74, 6) is 1.19. The molecule has 1 fully saturated rings. The third kappa shape index (κ3) is 6.70. The minimum absolute atomic E-state index is 0.301. The summed E-state index contributed by atoms with van der Waals surface area (Å²) in [4.78, 5) is 20.0. The average Bonchev–Trinajstić information content (AvgIpc) is 2.81. The number of anilines is 1. The zero-order chi connectivity index (χ0) is 22.9. The second-order valence-corrected chi connectivity index (χ2v) is 7.68. The number of methoxy groups -OCH3 is 2. The van der Waals surface area contributed by atoms with E-state index >= 15 is 0 Å². The van der Waals surface area contributed by atoms with Crippen molar-refractivity contribution in [3.63, 3.8) is 0 Å². The van der Waals surface area contributed by atoms with Crippen LogP contribution >= 0.6 is 0 Å². The minimum atomic E-state index is -0.301. The van der Waals surface area contributed by atoms with Gasteiger partial charge in [0.25, 0.3) is 5.91 Å². The minimum Gasteiger partial charge on any atom is -0.497 e. The SMILES string of the molecule is COc1cc(OC)cc(C(=O)NC(=NCCN2CCOCC2)Nc2cc(C)ccc2C)c1. The second-order valence-electron chi connectivity index (χ2n) is 7.68. The molecule has 3 rings (SSSR count). The van der Waals surface area contributed by atoms with Crippen molar-refractivity contribution in [2.45, 2.75) is 13.8 Å². The van der Waals surface area contributed by atoms with E-state index in [0.29, 0.717) is 29.6 Å². The number of benzene rings is 2. The van der Waals surface area contributed by atoms with Crippen molar-refractivity contribution < 1.29 is 19.0 Å². The molecule has 0 saturated carbocycles. The molecule has 1 amide bonds. The molecule has 0 spiro atoms. The van der Waals surface area contributed by atoms with Gasteiger partial charge in [0.2, 0.25) is 5.96 Å². The number of aryl methyl sites for hydroxylation is 2. The van der Waals surface area contributed by atoms with Crippen LogP contribution in [0.15, 0.2) is 41.4 Å². The molecule has 0 bridgehead atoms. The van der Waals surface area contributed by atoms with Gasteiger partial charge in [-0.25, -0.2) is 0 Å². The zero-order valence-corrected chi connectivity index (χ0v) is 19.2. The lowest BCUT2D eigenvalue weighted by Crippen LogP contribution is -2.39. The number of nitrogens with one attached hydrogen (secondary N) is 2. The number of carbonyl (C=O) groups excluding carboxylic acids is 1. The number of aliphatic imine (C=N–C) groups is 1. The Balaban J connectivity index is 1.78. The van der Waals surface area contributed by atoms with Crippen LogP contribution in [0, 0.1) is 13.8 Å². The summed E-state index contributed by atoms with van der Waals surface area (Å²) < 4.78 is 16.0. The van der Waals surface area contributed by atoms with Crippen LogP contribution in [0.25, 0.3) is 0 Å². The van der Waals surface area contributed by atoms with Crippen LogP contribution < -0.4 is 20.1 Å². The summed E-state index contributed by atoms with van der Waals surface area (Å²) in [5.41, 5.74) is 3.51. The molecule has 2 aromatic carbocycles. The van der Waals surface area contributed by atoms with Gasteiger partial charge >= 0.3 is 0 Å². The van der Waals surface area contributed by atoms with E-state index in [1.54, 1.807) is 32.4 Å². The molecule has 8 nitrogen and oxygen atoms in total. The fraction of sp³-hybridized carbons (Fsp3) is 0.417. The van der Waals surface area contributed by atoms with Crippen LogP contribution in [0.2, 0.25) is 0 Å². The van der Waals surface area contributed by atoms with E-state index in [9.17, 15) is 4.79 Å². The maximum atomic E-state index is 13.0. The predicted octanol–water partition coefficient (Wildman–Crippen LogP) is 2.85. The highest BCUT2D eigenvalue weighted by atomic mass is 16.5. The second kappa shape index (κ2) is 11.5. The van der Waals surface area contributed by atoms with Gasteiger partial charge in [0.15, 0.2) is 0 Å². The zero-order valence-electron chi connectivity index (χ0n) is 19.2. The Morgan fingerprint density at radius 1 is 1.06 bits per heavy atom. The van der Waals surface area contributed by atoms with Gasteiger partial charge in [-0.2, -0.15) is 0 Å². The predicted molar refractivity (Wildman–Crippen MR) is 126 cm³/mol. The van der Waals surface area contributed by atoms with Crippen LogP contribution in [0.4, 0.5) is 5.69 Å². The normalized spacial score (nSPS) is 14.7. The molecule has 8 heteroatoms. The van der Waals surface area contributed by atoms with E-state index in [-0.39, 0.29) is 5.91 Å². The molecule has 0 aromatic heterocycles. The Kier molecular flexibility index (Phi) is 8.47. The highest BCUT2D eigenvalue weighted by Gasteiger charge is 2.14. The van der Waals surface area contributed by atoms with Crippen molar-refractivity contribution in [1.82, 2.24) is 10.2 Å². The number of morpholine rings is 1. The first-order valence-electron chi connectivity index (χ1n) is 10.7. The summed E-state index contributed by atoms with van der Waals surface area (Å²) in [6, 6.07) is 11.2. The van der Waals surface area contributed by atoms with Crippen LogP contribution in [-0.2, 0) is 4.74 Å². The molecule has 1 saturated heterocycles. The van der Waals surface area contributed by atoms with Crippen molar-refractivity contribution in [2.75, 3.05) is 58.9 Å². The largest absolute Gasteiger partial charge is 0.497 e. The van der Waals surface area contributed by atoms with Crippen LogP contribution in [0.1, 0.15) is 21.5 Å².